The molecule has 8 heteroatoms. The summed E-state index contributed by atoms with van der Waals surface area (Å²) in [5, 5.41) is 4.29. The first-order valence-corrected chi connectivity index (χ1v) is 7.15. The third-order valence-corrected chi connectivity index (χ3v) is 4.16. The molecule has 2 aromatic rings. The molecule has 1 fully saturated rings. The minimum Gasteiger partial charge on any atom is -0.494 e. The molecule has 0 amide bonds. The Hall–Kier alpha value is -1.38. The smallest absolute Gasteiger partial charge is 0.158 e. The first-order valence-electron chi connectivity index (χ1n) is 6.36. The van der Waals surface area contributed by atoms with E-state index in [2.05, 4.69) is 30.9 Å². The highest BCUT2D eigenvalue weighted by molar-refractivity contribution is 9.10. The van der Waals surface area contributed by atoms with E-state index >= 15 is 0 Å². The summed E-state index contributed by atoms with van der Waals surface area (Å²) in [5.41, 5.74) is 7.64. The number of nitrogens with zero attached hydrogens (tertiary/aromatic N) is 4. The monoisotopic (exact) mass is 341 g/mol. The van der Waals surface area contributed by atoms with Crippen LogP contribution in [0.4, 0.5) is 5.82 Å². The first kappa shape index (κ1) is 13.6. The Bertz CT molecular complexity index is 624. The van der Waals surface area contributed by atoms with Crippen molar-refractivity contribution in [2.45, 2.75) is 6.54 Å². The van der Waals surface area contributed by atoms with Crippen LogP contribution >= 0.6 is 15.9 Å². The summed E-state index contributed by atoms with van der Waals surface area (Å²) in [5.74, 6) is 1.18. The average Bonchev–Trinajstić information content (AvgIpc) is 2.74. The van der Waals surface area contributed by atoms with Gasteiger partial charge in [-0.2, -0.15) is 5.10 Å². The van der Waals surface area contributed by atoms with Crippen molar-refractivity contribution in [3.05, 3.63) is 16.5 Å². The van der Waals surface area contributed by atoms with Crippen LogP contribution in [0.1, 0.15) is 5.69 Å². The lowest BCUT2D eigenvalue weighted by Crippen LogP contribution is -2.36. The maximum Gasteiger partial charge on any atom is 0.158 e. The number of nitrogen functional groups attached to an aromatic ring is 1. The molecule has 0 spiro atoms. The Kier molecular flexibility index (Phi) is 3.77. The molecule has 108 valence electrons. The minimum absolute atomic E-state index is 0.429. The molecule has 0 atom stereocenters. The Morgan fingerprint density at radius 1 is 1.45 bits per heavy atom. The van der Waals surface area contributed by atoms with Crippen molar-refractivity contribution in [1.82, 2.24) is 19.5 Å². The number of aromatic nitrogens is 3. The van der Waals surface area contributed by atoms with Crippen LogP contribution in [0, 0.1) is 0 Å². The van der Waals surface area contributed by atoms with Gasteiger partial charge in [-0.05, 0) is 15.9 Å². The van der Waals surface area contributed by atoms with Crippen LogP contribution in [0.25, 0.3) is 5.52 Å². The van der Waals surface area contributed by atoms with E-state index < -0.39 is 0 Å². The van der Waals surface area contributed by atoms with Crippen molar-refractivity contribution in [3.8, 4) is 5.75 Å². The molecule has 1 aliphatic heterocycles. The number of anilines is 1. The van der Waals surface area contributed by atoms with E-state index in [1.54, 1.807) is 11.6 Å². The minimum atomic E-state index is 0.429. The lowest BCUT2D eigenvalue weighted by Gasteiger charge is -2.26. The second-order valence-corrected chi connectivity index (χ2v) is 5.38. The molecule has 3 heterocycles. The van der Waals surface area contributed by atoms with E-state index in [0.29, 0.717) is 5.82 Å². The molecule has 0 bridgehead atoms. The van der Waals surface area contributed by atoms with Crippen LogP contribution in [-0.4, -0.2) is 52.9 Å². The maximum absolute atomic E-state index is 5.94. The van der Waals surface area contributed by atoms with Crippen LogP contribution in [-0.2, 0) is 11.3 Å². The lowest BCUT2D eigenvalue weighted by molar-refractivity contribution is 0.0331. The highest BCUT2D eigenvalue weighted by Gasteiger charge is 2.23. The van der Waals surface area contributed by atoms with Crippen molar-refractivity contribution in [2.75, 3.05) is 39.1 Å². The fourth-order valence-electron chi connectivity index (χ4n) is 2.42. The zero-order valence-corrected chi connectivity index (χ0v) is 12.8. The predicted octanol–water partition coefficient (Wildman–Crippen LogP) is 0.915. The molecule has 0 radical (unpaired) electrons. The highest BCUT2D eigenvalue weighted by Crippen LogP contribution is 2.37. The third-order valence-electron chi connectivity index (χ3n) is 3.42. The van der Waals surface area contributed by atoms with Gasteiger partial charge in [-0.25, -0.2) is 9.50 Å². The van der Waals surface area contributed by atoms with Gasteiger partial charge in [0.25, 0.3) is 0 Å². The molecule has 20 heavy (non-hydrogen) atoms. The number of morpholine rings is 1. The van der Waals surface area contributed by atoms with Gasteiger partial charge >= 0.3 is 0 Å². The SMILES string of the molecule is COc1c(Br)c2c(N)ncnn2c1CN1CCOCC1. The molecule has 0 saturated carbocycles. The van der Waals surface area contributed by atoms with Gasteiger partial charge in [0.1, 0.15) is 17.5 Å². The number of hydrogen-bond donors (Lipinski definition) is 1. The Balaban J connectivity index is 2.06. The summed E-state index contributed by atoms with van der Waals surface area (Å²) in [7, 11) is 1.64. The lowest BCUT2D eigenvalue weighted by atomic mass is 10.3. The molecule has 2 N–H and O–H groups in total. The molecule has 0 unspecified atom stereocenters. The average molecular weight is 342 g/mol. The van der Waals surface area contributed by atoms with E-state index in [1.165, 1.54) is 6.33 Å². The van der Waals surface area contributed by atoms with E-state index in [0.717, 1.165) is 54.3 Å². The summed E-state index contributed by atoms with van der Waals surface area (Å²) >= 11 is 3.53. The summed E-state index contributed by atoms with van der Waals surface area (Å²) < 4.78 is 13.5. The van der Waals surface area contributed by atoms with Gasteiger partial charge in [-0.3, -0.25) is 4.90 Å². The summed E-state index contributed by atoms with van der Waals surface area (Å²) in [6.07, 6.45) is 1.46. The van der Waals surface area contributed by atoms with E-state index in [-0.39, 0.29) is 0 Å². The fourth-order valence-corrected chi connectivity index (χ4v) is 3.19. The number of halogens is 1. The van der Waals surface area contributed by atoms with Crippen molar-refractivity contribution in [3.63, 3.8) is 0 Å². The van der Waals surface area contributed by atoms with Gasteiger partial charge in [-0.1, -0.05) is 0 Å². The van der Waals surface area contributed by atoms with E-state index in [4.69, 9.17) is 15.2 Å². The van der Waals surface area contributed by atoms with Crippen molar-refractivity contribution in [1.29, 1.82) is 0 Å². The predicted molar refractivity (Wildman–Crippen MR) is 77.7 cm³/mol. The van der Waals surface area contributed by atoms with Crippen LogP contribution in [0.15, 0.2) is 10.8 Å². The molecule has 3 rings (SSSR count). The number of hydrogen-bond acceptors (Lipinski definition) is 6. The van der Waals surface area contributed by atoms with E-state index in [1.807, 2.05) is 0 Å². The van der Waals surface area contributed by atoms with Crippen LogP contribution in [0.5, 0.6) is 5.75 Å². The molecule has 1 aliphatic rings. The van der Waals surface area contributed by atoms with E-state index in [9.17, 15) is 0 Å². The van der Waals surface area contributed by atoms with Crippen molar-refractivity contribution >= 4 is 27.3 Å². The van der Waals surface area contributed by atoms with Crippen LogP contribution < -0.4 is 10.5 Å². The van der Waals surface area contributed by atoms with Crippen LogP contribution in [0.3, 0.4) is 0 Å². The summed E-state index contributed by atoms with van der Waals surface area (Å²) in [6, 6.07) is 0. The van der Waals surface area contributed by atoms with Gasteiger partial charge in [0.05, 0.1) is 24.8 Å². The van der Waals surface area contributed by atoms with Gasteiger partial charge in [-0.15, -0.1) is 0 Å². The Labute approximate surface area is 124 Å². The van der Waals surface area contributed by atoms with Gasteiger partial charge in [0, 0.05) is 19.6 Å². The molecule has 0 aromatic carbocycles. The molecule has 2 aromatic heterocycles. The summed E-state index contributed by atoms with van der Waals surface area (Å²) in [4.78, 5) is 6.33. The zero-order chi connectivity index (χ0) is 14.1. The Morgan fingerprint density at radius 2 is 2.20 bits per heavy atom. The number of rotatable bonds is 3. The summed E-state index contributed by atoms with van der Waals surface area (Å²) in [6.45, 7) is 4.03. The normalized spacial score (nSPS) is 16.7. The van der Waals surface area contributed by atoms with Gasteiger partial charge < -0.3 is 15.2 Å². The Morgan fingerprint density at radius 3 is 2.90 bits per heavy atom. The number of methoxy groups -OCH3 is 1. The molecular formula is C12H16BrN5O2. The molecule has 7 nitrogen and oxygen atoms in total. The molecular weight excluding hydrogens is 326 g/mol. The number of fused-ring (bicyclic) bond motifs is 1. The van der Waals surface area contributed by atoms with Crippen molar-refractivity contribution < 1.29 is 9.47 Å². The fraction of sp³-hybridized carbons (Fsp3) is 0.500. The van der Waals surface area contributed by atoms with Crippen LogP contribution in [0.2, 0.25) is 0 Å². The van der Waals surface area contributed by atoms with Crippen molar-refractivity contribution in [2.24, 2.45) is 0 Å². The van der Waals surface area contributed by atoms with Gasteiger partial charge in [0.2, 0.25) is 0 Å². The second-order valence-electron chi connectivity index (χ2n) is 4.59. The zero-order valence-electron chi connectivity index (χ0n) is 11.2. The largest absolute Gasteiger partial charge is 0.494 e. The number of ether oxygens (including phenoxy) is 2. The molecule has 1 saturated heterocycles. The first-order chi connectivity index (χ1) is 9.72. The topological polar surface area (TPSA) is 77.9 Å². The number of nitrogens with two attached hydrogens (primary N) is 1. The maximum atomic E-state index is 5.94. The quantitative estimate of drug-likeness (QED) is 0.894. The van der Waals surface area contributed by atoms with Gasteiger partial charge in [0.15, 0.2) is 11.6 Å². The third kappa shape index (κ3) is 2.23. The highest BCUT2D eigenvalue weighted by atomic mass is 79.9. The second kappa shape index (κ2) is 5.55. The standard InChI is InChI=1S/C12H16BrN5O2/c1-19-11-8(6-17-2-4-20-5-3-17)18-10(9(11)13)12(14)15-7-16-18/h7H,2-6H2,1H3,(H2,14,15,16). The molecule has 0 aliphatic carbocycles.